The fourth-order valence-corrected chi connectivity index (χ4v) is 2.69. The van der Waals surface area contributed by atoms with Crippen LogP contribution >= 0.6 is 0 Å². The van der Waals surface area contributed by atoms with Crippen molar-refractivity contribution in [2.24, 2.45) is 0 Å². The van der Waals surface area contributed by atoms with Crippen LogP contribution in [0.15, 0.2) is 18.2 Å². The predicted molar refractivity (Wildman–Crippen MR) is 87.9 cm³/mol. The van der Waals surface area contributed by atoms with Gasteiger partial charge < -0.3 is 5.11 Å². The van der Waals surface area contributed by atoms with E-state index < -0.39 is 6.10 Å². The molecule has 1 N–H and O–H groups in total. The van der Waals surface area contributed by atoms with Crippen molar-refractivity contribution in [3.8, 4) is 0 Å². The molecule has 1 atom stereocenters. The summed E-state index contributed by atoms with van der Waals surface area (Å²) in [5.74, 6) is -0.200. The third-order valence-electron chi connectivity index (χ3n) is 4.15. The molecular formula is C19H31FO. The van der Waals surface area contributed by atoms with E-state index in [9.17, 15) is 9.50 Å². The average Bonchev–Trinajstić information content (AvgIpc) is 2.48. The molecule has 0 spiro atoms. The molecule has 1 unspecified atom stereocenters. The van der Waals surface area contributed by atoms with Crippen molar-refractivity contribution in [2.75, 3.05) is 0 Å². The molecule has 2 heteroatoms. The zero-order chi connectivity index (χ0) is 15.5. The van der Waals surface area contributed by atoms with Crippen LogP contribution in [-0.4, -0.2) is 5.11 Å². The third-order valence-corrected chi connectivity index (χ3v) is 4.15. The molecule has 0 aliphatic rings. The summed E-state index contributed by atoms with van der Waals surface area (Å²) in [5.41, 5.74) is 1.45. The van der Waals surface area contributed by atoms with Gasteiger partial charge in [-0.2, -0.15) is 0 Å². The lowest BCUT2D eigenvalue weighted by atomic mass is 10.00. The maximum Gasteiger partial charge on any atom is 0.126 e. The summed E-state index contributed by atoms with van der Waals surface area (Å²) in [5, 5.41) is 10.1. The highest BCUT2D eigenvalue weighted by Crippen LogP contribution is 2.22. The monoisotopic (exact) mass is 294 g/mol. The summed E-state index contributed by atoms with van der Waals surface area (Å²) in [4.78, 5) is 0. The molecule has 1 rings (SSSR count). The van der Waals surface area contributed by atoms with E-state index in [-0.39, 0.29) is 5.82 Å². The van der Waals surface area contributed by atoms with Crippen molar-refractivity contribution < 1.29 is 9.50 Å². The molecule has 0 aromatic heterocycles. The largest absolute Gasteiger partial charge is 0.388 e. The first-order valence-electron chi connectivity index (χ1n) is 8.59. The van der Waals surface area contributed by atoms with Gasteiger partial charge in [0.1, 0.15) is 5.82 Å². The van der Waals surface area contributed by atoms with Crippen molar-refractivity contribution in [2.45, 2.75) is 84.2 Å². The molecule has 0 amide bonds. The number of halogens is 1. The van der Waals surface area contributed by atoms with Gasteiger partial charge in [-0.1, -0.05) is 76.8 Å². The minimum atomic E-state index is -0.450. The van der Waals surface area contributed by atoms with Gasteiger partial charge in [0.15, 0.2) is 0 Å². The molecule has 0 heterocycles. The molecule has 0 aliphatic carbocycles. The van der Waals surface area contributed by atoms with Gasteiger partial charge in [0.25, 0.3) is 0 Å². The van der Waals surface area contributed by atoms with Gasteiger partial charge in [0.2, 0.25) is 0 Å². The predicted octanol–water partition coefficient (Wildman–Crippen LogP) is 6.09. The van der Waals surface area contributed by atoms with E-state index in [0.717, 1.165) is 18.4 Å². The first-order valence-corrected chi connectivity index (χ1v) is 8.59. The van der Waals surface area contributed by atoms with E-state index in [0.29, 0.717) is 5.56 Å². The smallest absolute Gasteiger partial charge is 0.126 e. The molecular weight excluding hydrogens is 263 g/mol. The quantitative estimate of drug-likeness (QED) is 0.490. The second-order valence-electron chi connectivity index (χ2n) is 6.14. The lowest BCUT2D eigenvalue weighted by Gasteiger charge is -2.12. The summed E-state index contributed by atoms with van der Waals surface area (Å²) in [7, 11) is 0. The Kier molecular flexibility index (Phi) is 9.32. The summed E-state index contributed by atoms with van der Waals surface area (Å²) in [6, 6.07) is 4.90. The Morgan fingerprint density at radius 2 is 1.52 bits per heavy atom. The molecule has 21 heavy (non-hydrogen) atoms. The van der Waals surface area contributed by atoms with Crippen LogP contribution in [0.5, 0.6) is 0 Å². The summed E-state index contributed by atoms with van der Waals surface area (Å²) >= 11 is 0. The van der Waals surface area contributed by atoms with Crippen LogP contribution in [0.2, 0.25) is 0 Å². The van der Waals surface area contributed by atoms with E-state index in [4.69, 9.17) is 0 Å². The Morgan fingerprint density at radius 3 is 2.10 bits per heavy atom. The highest BCUT2D eigenvalue weighted by Gasteiger charge is 2.08. The zero-order valence-electron chi connectivity index (χ0n) is 13.7. The number of aliphatic hydroxyl groups excluding tert-OH is 1. The van der Waals surface area contributed by atoms with Crippen LogP contribution < -0.4 is 0 Å². The van der Waals surface area contributed by atoms with Crippen LogP contribution in [0.4, 0.5) is 4.39 Å². The van der Waals surface area contributed by atoms with Crippen molar-refractivity contribution in [3.05, 3.63) is 35.1 Å². The highest BCUT2D eigenvalue weighted by atomic mass is 19.1. The maximum absolute atomic E-state index is 13.2. The van der Waals surface area contributed by atoms with Gasteiger partial charge in [0.05, 0.1) is 6.10 Å². The highest BCUT2D eigenvalue weighted by molar-refractivity contribution is 5.25. The lowest BCUT2D eigenvalue weighted by molar-refractivity contribution is 0.163. The van der Waals surface area contributed by atoms with E-state index >= 15 is 0 Å². The summed E-state index contributed by atoms with van der Waals surface area (Å²) < 4.78 is 13.2. The normalized spacial score (nSPS) is 12.6. The topological polar surface area (TPSA) is 20.2 Å². The van der Waals surface area contributed by atoms with Gasteiger partial charge in [0, 0.05) is 0 Å². The third kappa shape index (κ3) is 7.61. The number of unbranched alkanes of at least 4 members (excludes halogenated alkanes) is 8. The Morgan fingerprint density at radius 1 is 0.952 bits per heavy atom. The van der Waals surface area contributed by atoms with Gasteiger partial charge in [-0.25, -0.2) is 4.39 Å². The molecule has 0 fully saturated rings. The van der Waals surface area contributed by atoms with E-state index in [1.54, 1.807) is 19.1 Å². The van der Waals surface area contributed by atoms with E-state index in [2.05, 4.69) is 6.92 Å². The molecule has 0 radical (unpaired) electrons. The Labute approximate surface area is 129 Å². The van der Waals surface area contributed by atoms with Crippen LogP contribution in [0.3, 0.4) is 0 Å². The number of rotatable bonds is 11. The Bertz CT molecular complexity index is 389. The first-order chi connectivity index (χ1) is 10.1. The van der Waals surface area contributed by atoms with Crippen LogP contribution in [0.1, 0.15) is 88.4 Å². The van der Waals surface area contributed by atoms with Crippen LogP contribution in [0.25, 0.3) is 0 Å². The number of benzene rings is 1. The van der Waals surface area contributed by atoms with Crippen LogP contribution in [0, 0.1) is 12.7 Å². The molecule has 0 saturated heterocycles. The molecule has 0 bridgehead atoms. The fourth-order valence-electron chi connectivity index (χ4n) is 2.69. The number of aryl methyl sites for hydroxylation is 1. The number of hydrogen-bond donors (Lipinski definition) is 1. The molecule has 0 aliphatic heterocycles. The number of aliphatic hydroxyl groups is 1. The first kappa shape index (κ1) is 18.2. The van der Waals surface area contributed by atoms with Gasteiger partial charge in [-0.3, -0.25) is 0 Å². The molecule has 120 valence electrons. The van der Waals surface area contributed by atoms with Crippen LogP contribution in [-0.2, 0) is 0 Å². The Balaban J connectivity index is 2.08. The van der Waals surface area contributed by atoms with E-state index in [1.165, 1.54) is 57.4 Å². The van der Waals surface area contributed by atoms with Crippen molar-refractivity contribution in [1.82, 2.24) is 0 Å². The standard InChI is InChI=1S/C19H31FO/c1-3-4-5-6-7-8-9-10-11-12-19(21)17-13-14-18(20)16(2)15-17/h13-15,19,21H,3-12H2,1-2H3. The van der Waals surface area contributed by atoms with Gasteiger partial charge in [-0.15, -0.1) is 0 Å². The second kappa shape index (κ2) is 10.8. The molecule has 0 saturated carbocycles. The van der Waals surface area contributed by atoms with Gasteiger partial charge >= 0.3 is 0 Å². The second-order valence-corrected chi connectivity index (χ2v) is 6.14. The summed E-state index contributed by atoms with van der Waals surface area (Å²) in [6.45, 7) is 3.98. The van der Waals surface area contributed by atoms with E-state index in [1.807, 2.05) is 0 Å². The van der Waals surface area contributed by atoms with Crippen molar-refractivity contribution in [3.63, 3.8) is 0 Å². The maximum atomic E-state index is 13.2. The molecule has 1 aromatic rings. The van der Waals surface area contributed by atoms with Crippen molar-refractivity contribution >= 4 is 0 Å². The van der Waals surface area contributed by atoms with Crippen molar-refractivity contribution in [1.29, 1.82) is 0 Å². The average molecular weight is 294 g/mol. The fraction of sp³-hybridized carbons (Fsp3) is 0.684. The summed E-state index contributed by atoms with van der Waals surface area (Å²) in [6.07, 6.45) is 11.9. The van der Waals surface area contributed by atoms with Gasteiger partial charge in [-0.05, 0) is 30.5 Å². The molecule has 1 nitrogen and oxygen atoms in total. The molecule has 1 aromatic carbocycles. The minimum absolute atomic E-state index is 0.200. The minimum Gasteiger partial charge on any atom is -0.388 e. The SMILES string of the molecule is CCCCCCCCCCCC(O)c1ccc(F)c(C)c1. The number of hydrogen-bond acceptors (Lipinski definition) is 1. The zero-order valence-corrected chi connectivity index (χ0v) is 13.7. The Hall–Kier alpha value is -0.890. The lowest BCUT2D eigenvalue weighted by Crippen LogP contribution is -1.99.